The Bertz CT molecular complexity index is 414. The molecule has 1 rings (SSSR count). The van der Waals surface area contributed by atoms with Crippen LogP contribution < -0.4 is 0 Å². The molecule has 0 radical (unpaired) electrons. The highest BCUT2D eigenvalue weighted by molar-refractivity contribution is 6.69. The highest BCUT2D eigenvalue weighted by Gasteiger charge is 2.34. The molecule has 1 atom stereocenters. The smallest absolute Gasteiger partial charge is 0.185 e. The fourth-order valence-electron chi connectivity index (χ4n) is 1.93. The minimum Gasteiger partial charge on any atom is -0.402 e. The van der Waals surface area contributed by atoms with E-state index >= 15 is 0 Å². The topological polar surface area (TPSA) is 33.0 Å². The molecule has 0 spiro atoms. The van der Waals surface area contributed by atoms with E-state index in [1.807, 2.05) is 18.2 Å². The van der Waals surface area contributed by atoms with Crippen LogP contribution in [0.2, 0.25) is 19.6 Å². The van der Waals surface area contributed by atoms with Crippen LogP contribution in [0.4, 0.5) is 0 Å². The van der Waals surface area contributed by atoms with E-state index in [0.717, 1.165) is 6.42 Å². The van der Waals surface area contributed by atoms with Crippen molar-refractivity contribution in [3.63, 3.8) is 0 Å². The van der Waals surface area contributed by atoms with Gasteiger partial charge in [0.05, 0.1) is 6.07 Å². The maximum Gasteiger partial charge on any atom is 0.185 e. The van der Waals surface area contributed by atoms with Crippen LogP contribution in [0.5, 0.6) is 0 Å². The molecule has 3 heteroatoms. The lowest BCUT2D eigenvalue weighted by atomic mass is 9.81. The SMILES string of the molecule is CC(C)(Cc1ccccc1)C(C#N)O[Si](C)(C)C. The third kappa shape index (κ3) is 4.64. The largest absolute Gasteiger partial charge is 0.402 e. The molecule has 0 saturated heterocycles. The van der Waals surface area contributed by atoms with Gasteiger partial charge in [-0.05, 0) is 31.6 Å². The van der Waals surface area contributed by atoms with E-state index < -0.39 is 8.32 Å². The van der Waals surface area contributed by atoms with Crippen molar-refractivity contribution < 1.29 is 4.43 Å². The Morgan fingerprint density at radius 2 is 1.78 bits per heavy atom. The first-order chi connectivity index (χ1) is 8.24. The van der Waals surface area contributed by atoms with Crippen LogP contribution in [0, 0.1) is 16.7 Å². The van der Waals surface area contributed by atoms with Crippen molar-refractivity contribution >= 4 is 8.32 Å². The zero-order valence-electron chi connectivity index (χ0n) is 12.0. The number of benzene rings is 1. The van der Waals surface area contributed by atoms with Gasteiger partial charge in [0.1, 0.15) is 6.10 Å². The minimum absolute atomic E-state index is 0.170. The Hall–Kier alpha value is -1.11. The first-order valence-corrected chi connectivity index (χ1v) is 9.77. The number of nitriles is 1. The van der Waals surface area contributed by atoms with Gasteiger partial charge in [-0.25, -0.2) is 0 Å². The van der Waals surface area contributed by atoms with E-state index in [2.05, 4.69) is 51.7 Å². The van der Waals surface area contributed by atoms with E-state index in [0.29, 0.717) is 0 Å². The van der Waals surface area contributed by atoms with Crippen molar-refractivity contribution in [1.82, 2.24) is 0 Å². The summed E-state index contributed by atoms with van der Waals surface area (Å²) in [5.41, 5.74) is 1.08. The Morgan fingerprint density at radius 3 is 2.22 bits per heavy atom. The molecule has 0 N–H and O–H groups in total. The highest BCUT2D eigenvalue weighted by atomic mass is 28.4. The molecule has 0 saturated carbocycles. The number of nitrogens with zero attached hydrogens (tertiary/aromatic N) is 1. The molecule has 2 nitrogen and oxygen atoms in total. The molecule has 1 aromatic rings. The van der Waals surface area contributed by atoms with Crippen LogP contribution in [0.25, 0.3) is 0 Å². The van der Waals surface area contributed by atoms with Gasteiger partial charge in [-0.15, -0.1) is 0 Å². The first kappa shape index (κ1) is 14.9. The zero-order valence-corrected chi connectivity index (χ0v) is 13.0. The molecule has 98 valence electrons. The van der Waals surface area contributed by atoms with Gasteiger partial charge >= 0.3 is 0 Å². The summed E-state index contributed by atoms with van der Waals surface area (Å²) >= 11 is 0. The van der Waals surface area contributed by atoms with Crippen LogP contribution >= 0.6 is 0 Å². The molecule has 18 heavy (non-hydrogen) atoms. The van der Waals surface area contributed by atoms with E-state index in [1.54, 1.807) is 0 Å². The molecule has 0 aromatic heterocycles. The minimum atomic E-state index is -1.69. The molecular formula is C15H23NOSi. The van der Waals surface area contributed by atoms with Gasteiger partial charge in [-0.1, -0.05) is 44.2 Å². The summed E-state index contributed by atoms with van der Waals surface area (Å²) in [5.74, 6) is 0. The van der Waals surface area contributed by atoms with E-state index in [-0.39, 0.29) is 11.5 Å². The lowest BCUT2D eigenvalue weighted by Gasteiger charge is -2.34. The van der Waals surface area contributed by atoms with E-state index in [9.17, 15) is 5.26 Å². The predicted molar refractivity (Wildman–Crippen MR) is 77.8 cm³/mol. The average Bonchev–Trinajstić information content (AvgIpc) is 2.25. The number of rotatable bonds is 5. The molecule has 0 aliphatic heterocycles. The van der Waals surface area contributed by atoms with Crippen LogP contribution in [-0.2, 0) is 10.8 Å². The zero-order chi connectivity index (χ0) is 13.8. The second kappa shape index (κ2) is 5.68. The Balaban J connectivity index is 2.81. The van der Waals surface area contributed by atoms with Crippen LogP contribution in [-0.4, -0.2) is 14.4 Å². The quantitative estimate of drug-likeness (QED) is 0.751. The predicted octanol–water partition coefficient (Wildman–Crippen LogP) is 4.00. The first-order valence-electron chi connectivity index (χ1n) is 6.36. The summed E-state index contributed by atoms with van der Waals surface area (Å²) in [6.07, 6.45) is 0.515. The number of hydrogen-bond acceptors (Lipinski definition) is 2. The fraction of sp³-hybridized carbons (Fsp3) is 0.533. The Kier molecular flexibility index (Phi) is 4.72. The van der Waals surface area contributed by atoms with Gasteiger partial charge in [0.2, 0.25) is 0 Å². The van der Waals surface area contributed by atoms with Gasteiger partial charge in [-0.2, -0.15) is 5.26 Å². The van der Waals surface area contributed by atoms with Gasteiger partial charge in [0.15, 0.2) is 8.32 Å². The van der Waals surface area contributed by atoms with Gasteiger partial charge in [0.25, 0.3) is 0 Å². The van der Waals surface area contributed by atoms with Crippen molar-refractivity contribution in [2.24, 2.45) is 5.41 Å². The average molecular weight is 261 g/mol. The Labute approximate surface area is 112 Å². The van der Waals surface area contributed by atoms with E-state index in [1.165, 1.54) is 5.56 Å². The standard InChI is InChI=1S/C15H23NOSi/c1-15(2,11-13-9-7-6-8-10-13)14(12-16)17-18(3,4)5/h6-10,14H,11H2,1-5H3. The Morgan fingerprint density at radius 1 is 1.22 bits per heavy atom. The van der Waals surface area contributed by atoms with Crippen molar-refractivity contribution in [2.75, 3.05) is 0 Å². The van der Waals surface area contributed by atoms with Gasteiger partial charge in [0, 0.05) is 5.41 Å². The molecule has 0 bridgehead atoms. The third-order valence-corrected chi connectivity index (χ3v) is 3.74. The molecular weight excluding hydrogens is 238 g/mol. The summed E-state index contributed by atoms with van der Waals surface area (Å²) in [5, 5.41) is 9.35. The molecule has 0 aliphatic rings. The van der Waals surface area contributed by atoms with Crippen LogP contribution in [0.1, 0.15) is 19.4 Å². The normalized spacial score (nSPS) is 14.0. The lowest BCUT2D eigenvalue weighted by molar-refractivity contribution is 0.113. The van der Waals surface area contributed by atoms with Crippen molar-refractivity contribution in [3.8, 4) is 6.07 Å². The van der Waals surface area contributed by atoms with Crippen molar-refractivity contribution in [3.05, 3.63) is 35.9 Å². The molecule has 0 aliphatic carbocycles. The maximum absolute atomic E-state index is 9.35. The lowest BCUT2D eigenvalue weighted by Crippen LogP contribution is -2.40. The second-order valence-corrected chi connectivity index (χ2v) is 10.9. The maximum atomic E-state index is 9.35. The van der Waals surface area contributed by atoms with Crippen molar-refractivity contribution in [2.45, 2.75) is 46.0 Å². The summed E-state index contributed by atoms with van der Waals surface area (Å²) in [6.45, 7) is 10.6. The molecule has 0 amide bonds. The summed E-state index contributed by atoms with van der Waals surface area (Å²) in [6, 6.07) is 12.6. The van der Waals surface area contributed by atoms with Crippen LogP contribution in [0.3, 0.4) is 0 Å². The third-order valence-electron chi connectivity index (χ3n) is 2.80. The molecule has 0 fully saturated rings. The summed E-state index contributed by atoms with van der Waals surface area (Å²) < 4.78 is 6.00. The summed E-state index contributed by atoms with van der Waals surface area (Å²) in [4.78, 5) is 0. The highest BCUT2D eigenvalue weighted by Crippen LogP contribution is 2.30. The van der Waals surface area contributed by atoms with Crippen molar-refractivity contribution in [1.29, 1.82) is 5.26 Å². The molecule has 1 aromatic carbocycles. The summed E-state index contributed by atoms with van der Waals surface area (Å²) in [7, 11) is -1.69. The molecule has 1 unspecified atom stereocenters. The van der Waals surface area contributed by atoms with Crippen LogP contribution in [0.15, 0.2) is 30.3 Å². The number of hydrogen-bond donors (Lipinski definition) is 0. The fourth-order valence-corrected chi connectivity index (χ4v) is 3.01. The monoisotopic (exact) mass is 261 g/mol. The van der Waals surface area contributed by atoms with Gasteiger partial charge < -0.3 is 4.43 Å². The second-order valence-electron chi connectivity index (χ2n) is 6.39. The molecule has 0 heterocycles. The van der Waals surface area contributed by atoms with E-state index in [4.69, 9.17) is 4.43 Å². The van der Waals surface area contributed by atoms with Gasteiger partial charge in [-0.3, -0.25) is 0 Å².